The first kappa shape index (κ1) is 13.8. The molecule has 20 heavy (non-hydrogen) atoms. The van der Waals surface area contributed by atoms with Gasteiger partial charge in [0.25, 0.3) is 5.91 Å². The molecule has 3 N–H and O–H groups in total. The lowest BCUT2D eigenvalue weighted by molar-refractivity contribution is 0.0946. The van der Waals surface area contributed by atoms with Crippen LogP contribution in [0, 0.1) is 6.92 Å². The van der Waals surface area contributed by atoms with Crippen molar-refractivity contribution in [2.75, 3.05) is 6.54 Å². The number of hydrogen-bond acceptors (Lipinski definition) is 3. The van der Waals surface area contributed by atoms with Crippen molar-refractivity contribution in [3.63, 3.8) is 0 Å². The monoisotopic (exact) mass is 350 g/mol. The van der Waals surface area contributed by atoms with E-state index in [1.165, 1.54) is 5.56 Å². The summed E-state index contributed by atoms with van der Waals surface area (Å²) in [6, 6.07) is 7.89. The Hall–Kier alpha value is -1.17. The Morgan fingerprint density at radius 3 is 2.90 bits per heavy atom. The molecule has 0 bridgehead atoms. The molecule has 1 atom stereocenters. The number of benzene rings is 1. The second kappa shape index (κ2) is 5.31. The van der Waals surface area contributed by atoms with Crippen molar-refractivity contribution in [1.82, 2.24) is 5.32 Å². The summed E-state index contributed by atoms with van der Waals surface area (Å²) >= 11 is 5.17. The summed E-state index contributed by atoms with van der Waals surface area (Å²) < 4.78 is 1.11. The SMILES string of the molecule is Cc1cc(C(N)c2ccc3c(c2)C(=O)NCC3)sc1Br. The number of amides is 1. The van der Waals surface area contributed by atoms with Crippen LogP contribution in [0.4, 0.5) is 0 Å². The van der Waals surface area contributed by atoms with Gasteiger partial charge in [-0.1, -0.05) is 12.1 Å². The summed E-state index contributed by atoms with van der Waals surface area (Å²) in [4.78, 5) is 13.0. The smallest absolute Gasteiger partial charge is 0.251 e. The van der Waals surface area contributed by atoms with Crippen molar-refractivity contribution < 1.29 is 4.79 Å². The van der Waals surface area contributed by atoms with E-state index in [1.807, 2.05) is 18.2 Å². The Labute approximate surface area is 130 Å². The molecule has 1 unspecified atom stereocenters. The molecule has 2 aromatic rings. The van der Waals surface area contributed by atoms with Crippen LogP contribution in [0.1, 0.15) is 38.0 Å². The molecule has 1 aromatic heterocycles. The molecule has 1 aromatic carbocycles. The predicted molar refractivity (Wildman–Crippen MR) is 85.3 cm³/mol. The summed E-state index contributed by atoms with van der Waals surface area (Å²) in [6.07, 6.45) is 0.889. The summed E-state index contributed by atoms with van der Waals surface area (Å²) in [5, 5.41) is 2.87. The van der Waals surface area contributed by atoms with Gasteiger partial charge >= 0.3 is 0 Å². The number of thiophene rings is 1. The van der Waals surface area contributed by atoms with Crippen molar-refractivity contribution >= 4 is 33.2 Å². The molecule has 1 aliphatic rings. The van der Waals surface area contributed by atoms with Crippen LogP contribution in [0.2, 0.25) is 0 Å². The first-order valence-electron chi connectivity index (χ1n) is 6.48. The van der Waals surface area contributed by atoms with Gasteiger partial charge < -0.3 is 11.1 Å². The fourth-order valence-corrected chi connectivity index (χ4v) is 4.02. The number of nitrogens with one attached hydrogen (secondary N) is 1. The number of carbonyl (C=O) groups excluding carboxylic acids is 1. The maximum Gasteiger partial charge on any atom is 0.251 e. The van der Waals surface area contributed by atoms with Gasteiger partial charge in [-0.05, 0) is 58.1 Å². The Morgan fingerprint density at radius 1 is 1.40 bits per heavy atom. The lowest BCUT2D eigenvalue weighted by Crippen LogP contribution is -2.32. The third kappa shape index (κ3) is 2.41. The molecular weight excluding hydrogens is 336 g/mol. The van der Waals surface area contributed by atoms with E-state index in [-0.39, 0.29) is 11.9 Å². The van der Waals surface area contributed by atoms with Crippen LogP contribution in [0.3, 0.4) is 0 Å². The van der Waals surface area contributed by atoms with Crippen molar-refractivity contribution in [3.05, 3.63) is 55.2 Å². The molecule has 104 valence electrons. The normalized spacial score (nSPS) is 15.7. The van der Waals surface area contributed by atoms with E-state index in [0.717, 1.165) is 31.8 Å². The Bertz CT molecular complexity index is 661. The minimum atomic E-state index is -0.190. The van der Waals surface area contributed by atoms with E-state index < -0.39 is 0 Å². The van der Waals surface area contributed by atoms with Crippen LogP contribution in [0.5, 0.6) is 0 Å². The number of nitrogens with two attached hydrogens (primary N) is 1. The lowest BCUT2D eigenvalue weighted by atomic mass is 9.95. The lowest BCUT2D eigenvalue weighted by Gasteiger charge is -2.19. The molecule has 0 saturated heterocycles. The second-order valence-electron chi connectivity index (χ2n) is 5.01. The van der Waals surface area contributed by atoms with Crippen molar-refractivity contribution in [3.8, 4) is 0 Å². The Morgan fingerprint density at radius 2 is 2.20 bits per heavy atom. The highest BCUT2D eigenvalue weighted by molar-refractivity contribution is 9.11. The van der Waals surface area contributed by atoms with Gasteiger partial charge in [0, 0.05) is 17.0 Å². The van der Waals surface area contributed by atoms with Gasteiger partial charge in [0.2, 0.25) is 0 Å². The third-order valence-electron chi connectivity index (χ3n) is 3.60. The van der Waals surface area contributed by atoms with E-state index in [0.29, 0.717) is 6.54 Å². The molecule has 1 amide bonds. The number of halogens is 1. The zero-order valence-corrected chi connectivity index (χ0v) is 13.5. The van der Waals surface area contributed by atoms with E-state index >= 15 is 0 Å². The zero-order chi connectivity index (χ0) is 14.3. The fourth-order valence-electron chi connectivity index (χ4n) is 2.42. The molecule has 3 nitrogen and oxygen atoms in total. The van der Waals surface area contributed by atoms with Crippen LogP contribution >= 0.6 is 27.3 Å². The van der Waals surface area contributed by atoms with Gasteiger partial charge in [-0.3, -0.25) is 4.79 Å². The van der Waals surface area contributed by atoms with Crippen LogP contribution in [-0.2, 0) is 6.42 Å². The second-order valence-corrected chi connectivity index (χ2v) is 7.41. The van der Waals surface area contributed by atoms with Crippen LogP contribution in [0.15, 0.2) is 28.1 Å². The van der Waals surface area contributed by atoms with Gasteiger partial charge in [-0.25, -0.2) is 0 Å². The zero-order valence-electron chi connectivity index (χ0n) is 11.1. The number of carbonyl (C=O) groups is 1. The molecule has 3 rings (SSSR count). The number of hydrogen-bond donors (Lipinski definition) is 2. The van der Waals surface area contributed by atoms with E-state index in [4.69, 9.17) is 5.73 Å². The predicted octanol–water partition coefficient (Wildman–Crippen LogP) is 3.15. The van der Waals surface area contributed by atoms with Crippen molar-refractivity contribution in [2.45, 2.75) is 19.4 Å². The van der Waals surface area contributed by atoms with Gasteiger partial charge in [0.15, 0.2) is 0 Å². The quantitative estimate of drug-likeness (QED) is 0.873. The molecular formula is C15H15BrN2OS. The molecule has 0 fully saturated rings. The summed E-state index contributed by atoms with van der Waals surface area (Å²) in [7, 11) is 0. The third-order valence-corrected chi connectivity index (χ3v) is 5.82. The van der Waals surface area contributed by atoms with Gasteiger partial charge in [0.05, 0.1) is 9.83 Å². The van der Waals surface area contributed by atoms with E-state index in [1.54, 1.807) is 11.3 Å². The minimum Gasteiger partial charge on any atom is -0.352 e. The fraction of sp³-hybridized carbons (Fsp3) is 0.267. The largest absolute Gasteiger partial charge is 0.352 e. The summed E-state index contributed by atoms with van der Waals surface area (Å²) in [6.45, 7) is 2.77. The minimum absolute atomic E-state index is 0.00356. The number of fused-ring (bicyclic) bond motifs is 1. The molecule has 0 spiro atoms. The van der Waals surface area contributed by atoms with Crippen LogP contribution in [0.25, 0.3) is 0 Å². The average molecular weight is 351 g/mol. The first-order valence-corrected chi connectivity index (χ1v) is 8.09. The highest BCUT2D eigenvalue weighted by atomic mass is 79.9. The Kier molecular flexibility index (Phi) is 3.67. The maximum absolute atomic E-state index is 11.9. The molecule has 2 heterocycles. The molecule has 0 aliphatic carbocycles. The van der Waals surface area contributed by atoms with Gasteiger partial charge in [-0.15, -0.1) is 11.3 Å². The molecule has 0 radical (unpaired) electrons. The summed E-state index contributed by atoms with van der Waals surface area (Å²) in [5.41, 5.74) is 10.4. The van der Waals surface area contributed by atoms with E-state index in [9.17, 15) is 4.79 Å². The van der Waals surface area contributed by atoms with E-state index in [2.05, 4.69) is 34.2 Å². The first-order chi connectivity index (χ1) is 9.56. The molecule has 5 heteroatoms. The van der Waals surface area contributed by atoms with Crippen molar-refractivity contribution in [1.29, 1.82) is 0 Å². The molecule has 0 saturated carbocycles. The standard InChI is InChI=1S/C15H15BrN2OS/c1-8-6-12(20-14(8)16)13(17)10-3-2-9-4-5-18-15(19)11(9)7-10/h2-3,6-7,13H,4-5,17H2,1H3,(H,18,19). The summed E-state index contributed by atoms with van der Waals surface area (Å²) in [5.74, 6) is 0.00356. The van der Waals surface area contributed by atoms with Crippen LogP contribution in [-0.4, -0.2) is 12.5 Å². The topological polar surface area (TPSA) is 55.1 Å². The highest BCUT2D eigenvalue weighted by Crippen LogP contribution is 2.33. The highest BCUT2D eigenvalue weighted by Gasteiger charge is 2.20. The number of aryl methyl sites for hydroxylation is 1. The van der Waals surface area contributed by atoms with Gasteiger partial charge in [-0.2, -0.15) is 0 Å². The maximum atomic E-state index is 11.9. The Balaban J connectivity index is 1.98. The van der Waals surface area contributed by atoms with Crippen molar-refractivity contribution in [2.24, 2.45) is 5.73 Å². The number of rotatable bonds is 2. The average Bonchev–Trinajstić information content (AvgIpc) is 2.78. The van der Waals surface area contributed by atoms with Gasteiger partial charge in [0.1, 0.15) is 0 Å². The molecule has 1 aliphatic heterocycles. The van der Waals surface area contributed by atoms with Crippen LogP contribution < -0.4 is 11.1 Å².